The Kier molecular flexibility index (Phi) is 4.45. The minimum atomic E-state index is 0.543. The highest BCUT2D eigenvalue weighted by atomic mass is 35.5. The predicted molar refractivity (Wildman–Crippen MR) is 92.4 cm³/mol. The highest BCUT2D eigenvalue weighted by Crippen LogP contribution is 2.22. The molecule has 0 fully saturated rings. The zero-order valence-electron chi connectivity index (χ0n) is 12.4. The standard InChI is InChI=1S/C20H17ClO/c1-15-4-2-6-17(12-15)18-7-3-5-16(13-18)14-22-20-10-8-19(21)9-11-20/h2-13H,14H2,1H3. The number of benzene rings is 3. The van der Waals surface area contributed by atoms with Crippen molar-refractivity contribution in [2.24, 2.45) is 0 Å². The third kappa shape index (κ3) is 3.69. The average molecular weight is 309 g/mol. The molecule has 22 heavy (non-hydrogen) atoms. The zero-order chi connectivity index (χ0) is 15.4. The number of aryl methyl sites for hydroxylation is 1. The first-order valence-corrected chi connectivity index (χ1v) is 7.63. The van der Waals surface area contributed by atoms with Crippen molar-refractivity contribution in [2.45, 2.75) is 13.5 Å². The van der Waals surface area contributed by atoms with Crippen molar-refractivity contribution >= 4 is 11.6 Å². The Hall–Kier alpha value is -2.25. The van der Waals surface area contributed by atoms with Crippen LogP contribution in [-0.4, -0.2) is 0 Å². The molecule has 0 aliphatic carbocycles. The highest BCUT2D eigenvalue weighted by molar-refractivity contribution is 6.30. The Morgan fingerprint density at radius 1 is 0.818 bits per heavy atom. The van der Waals surface area contributed by atoms with Crippen LogP contribution in [0.1, 0.15) is 11.1 Å². The van der Waals surface area contributed by atoms with Crippen LogP contribution in [0, 0.1) is 6.92 Å². The van der Waals surface area contributed by atoms with Crippen LogP contribution in [0.5, 0.6) is 5.75 Å². The molecule has 3 rings (SSSR count). The summed E-state index contributed by atoms with van der Waals surface area (Å²) in [6.45, 7) is 2.65. The van der Waals surface area contributed by atoms with Gasteiger partial charge in [0.2, 0.25) is 0 Å². The second-order valence-electron chi connectivity index (χ2n) is 5.31. The number of ether oxygens (including phenoxy) is 1. The van der Waals surface area contributed by atoms with Crippen molar-refractivity contribution in [3.8, 4) is 16.9 Å². The van der Waals surface area contributed by atoms with Gasteiger partial charge in [0.1, 0.15) is 12.4 Å². The lowest BCUT2D eigenvalue weighted by Gasteiger charge is -2.09. The van der Waals surface area contributed by atoms with Gasteiger partial charge in [-0.3, -0.25) is 0 Å². The lowest BCUT2D eigenvalue weighted by molar-refractivity contribution is 0.306. The van der Waals surface area contributed by atoms with E-state index < -0.39 is 0 Å². The van der Waals surface area contributed by atoms with Gasteiger partial charge in [-0.2, -0.15) is 0 Å². The number of halogens is 1. The fourth-order valence-electron chi connectivity index (χ4n) is 2.36. The Bertz CT molecular complexity index is 763. The molecule has 0 N–H and O–H groups in total. The molecule has 0 aliphatic rings. The smallest absolute Gasteiger partial charge is 0.119 e. The third-order valence-corrected chi connectivity index (χ3v) is 3.75. The molecular weight excluding hydrogens is 292 g/mol. The molecule has 3 aromatic carbocycles. The van der Waals surface area contributed by atoms with Crippen LogP contribution < -0.4 is 4.74 Å². The van der Waals surface area contributed by atoms with Crippen molar-refractivity contribution in [2.75, 3.05) is 0 Å². The van der Waals surface area contributed by atoms with Gasteiger partial charge in [0.05, 0.1) is 0 Å². The van der Waals surface area contributed by atoms with Crippen LogP contribution in [0.4, 0.5) is 0 Å². The SMILES string of the molecule is Cc1cccc(-c2cccc(COc3ccc(Cl)cc3)c2)c1. The number of hydrogen-bond donors (Lipinski definition) is 0. The molecule has 110 valence electrons. The molecule has 0 spiro atoms. The normalized spacial score (nSPS) is 10.5. The van der Waals surface area contributed by atoms with Gasteiger partial charge in [-0.05, 0) is 53.9 Å². The van der Waals surface area contributed by atoms with E-state index in [1.807, 2.05) is 24.3 Å². The summed E-state index contributed by atoms with van der Waals surface area (Å²) in [5.74, 6) is 0.824. The van der Waals surface area contributed by atoms with Crippen molar-refractivity contribution in [3.63, 3.8) is 0 Å². The van der Waals surface area contributed by atoms with Gasteiger partial charge in [-0.25, -0.2) is 0 Å². The molecule has 0 bridgehead atoms. The Morgan fingerprint density at radius 3 is 2.23 bits per heavy atom. The maximum Gasteiger partial charge on any atom is 0.119 e. The summed E-state index contributed by atoms with van der Waals surface area (Å²) in [7, 11) is 0. The Balaban J connectivity index is 1.75. The molecule has 0 aliphatic heterocycles. The Morgan fingerprint density at radius 2 is 1.50 bits per heavy atom. The van der Waals surface area contributed by atoms with E-state index in [4.69, 9.17) is 16.3 Å². The van der Waals surface area contributed by atoms with E-state index in [0.29, 0.717) is 11.6 Å². The average Bonchev–Trinajstić information content (AvgIpc) is 2.55. The minimum absolute atomic E-state index is 0.543. The molecule has 0 amide bonds. The van der Waals surface area contributed by atoms with Crippen LogP contribution in [0.15, 0.2) is 72.8 Å². The molecule has 0 atom stereocenters. The maximum atomic E-state index is 5.87. The van der Waals surface area contributed by atoms with E-state index in [2.05, 4.69) is 55.5 Å². The van der Waals surface area contributed by atoms with E-state index in [0.717, 1.165) is 11.3 Å². The second-order valence-corrected chi connectivity index (χ2v) is 5.75. The van der Waals surface area contributed by atoms with E-state index >= 15 is 0 Å². The van der Waals surface area contributed by atoms with Crippen molar-refractivity contribution in [1.29, 1.82) is 0 Å². The van der Waals surface area contributed by atoms with Crippen LogP contribution in [0.25, 0.3) is 11.1 Å². The molecule has 0 saturated heterocycles. The lowest BCUT2D eigenvalue weighted by atomic mass is 10.0. The summed E-state index contributed by atoms with van der Waals surface area (Å²) in [5.41, 5.74) is 4.85. The summed E-state index contributed by atoms with van der Waals surface area (Å²) in [6, 6.07) is 24.4. The first-order chi connectivity index (χ1) is 10.7. The summed E-state index contributed by atoms with van der Waals surface area (Å²) >= 11 is 5.87. The topological polar surface area (TPSA) is 9.23 Å². The minimum Gasteiger partial charge on any atom is -0.489 e. The van der Waals surface area contributed by atoms with Gasteiger partial charge in [0, 0.05) is 5.02 Å². The molecule has 0 aromatic heterocycles. The molecule has 0 radical (unpaired) electrons. The van der Waals surface area contributed by atoms with Gasteiger partial charge in [-0.1, -0.05) is 59.6 Å². The second kappa shape index (κ2) is 6.67. The fourth-order valence-corrected chi connectivity index (χ4v) is 2.49. The molecule has 2 heteroatoms. The van der Waals surface area contributed by atoms with Crippen LogP contribution in [-0.2, 0) is 6.61 Å². The number of hydrogen-bond acceptors (Lipinski definition) is 1. The fraction of sp³-hybridized carbons (Fsp3) is 0.100. The first-order valence-electron chi connectivity index (χ1n) is 7.25. The third-order valence-electron chi connectivity index (χ3n) is 3.50. The summed E-state index contributed by atoms with van der Waals surface area (Å²) < 4.78 is 5.80. The summed E-state index contributed by atoms with van der Waals surface area (Å²) in [6.07, 6.45) is 0. The lowest BCUT2D eigenvalue weighted by Crippen LogP contribution is -1.95. The molecule has 0 heterocycles. The molecule has 0 unspecified atom stereocenters. The van der Waals surface area contributed by atoms with Crippen LogP contribution in [0.2, 0.25) is 5.02 Å². The van der Waals surface area contributed by atoms with E-state index in [9.17, 15) is 0 Å². The summed E-state index contributed by atoms with van der Waals surface area (Å²) in [4.78, 5) is 0. The van der Waals surface area contributed by atoms with E-state index in [1.165, 1.54) is 16.7 Å². The van der Waals surface area contributed by atoms with Gasteiger partial charge in [-0.15, -0.1) is 0 Å². The molecule has 0 saturated carbocycles. The number of rotatable bonds is 4. The molecule has 3 aromatic rings. The van der Waals surface area contributed by atoms with Gasteiger partial charge in [0.15, 0.2) is 0 Å². The van der Waals surface area contributed by atoms with Crippen molar-refractivity contribution in [1.82, 2.24) is 0 Å². The first kappa shape index (κ1) is 14.7. The van der Waals surface area contributed by atoms with Crippen LogP contribution in [0.3, 0.4) is 0 Å². The van der Waals surface area contributed by atoms with Crippen molar-refractivity contribution < 1.29 is 4.74 Å². The Labute approximate surface area is 136 Å². The maximum absolute atomic E-state index is 5.87. The van der Waals surface area contributed by atoms with E-state index in [1.54, 1.807) is 0 Å². The summed E-state index contributed by atoms with van der Waals surface area (Å²) in [5, 5.41) is 0.716. The van der Waals surface area contributed by atoms with Crippen LogP contribution >= 0.6 is 11.6 Å². The van der Waals surface area contributed by atoms with Crippen molar-refractivity contribution in [3.05, 3.63) is 88.9 Å². The zero-order valence-corrected chi connectivity index (χ0v) is 13.2. The molecular formula is C20H17ClO. The predicted octanol–water partition coefficient (Wildman–Crippen LogP) is 5.89. The largest absolute Gasteiger partial charge is 0.489 e. The van der Waals surface area contributed by atoms with E-state index in [-0.39, 0.29) is 0 Å². The van der Waals surface area contributed by atoms with Gasteiger partial charge >= 0.3 is 0 Å². The van der Waals surface area contributed by atoms with Gasteiger partial charge < -0.3 is 4.74 Å². The van der Waals surface area contributed by atoms with Gasteiger partial charge in [0.25, 0.3) is 0 Å². The highest BCUT2D eigenvalue weighted by Gasteiger charge is 2.01. The quantitative estimate of drug-likeness (QED) is 0.583. The molecule has 1 nitrogen and oxygen atoms in total. The monoisotopic (exact) mass is 308 g/mol.